The molecule has 0 radical (unpaired) electrons. The summed E-state index contributed by atoms with van der Waals surface area (Å²) in [5, 5.41) is 9.04. The smallest absolute Gasteiger partial charge is 0.290 e. The van der Waals surface area contributed by atoms with Gasteiger partial charge in [0.25, 0.3) is 5.91 Å². The Labute approximate surface area is 98.7 Å². The van der Waals surface area contributed by atoms with E-state index in [1.807, 2.05) is 0 Å². The van der Waals surface area contributed by atoms with Gasteiger partial charge in [-0.3, -0.25) is 9.59 Å². The van der Waals surface area contributed by atoms with Crippen LogP contribution in [0.1, 0.15) is 35.5 Å². The molecule has 17 heavy (non-hydrogen) atoms. The van der Waals surface area contributed by atoms with Crippen LogP contribution in [0.4, 0.5) is 0 Å². The first-order chi connectivity index (χ1) is 8.16. The van der Waals surface area contributed by atoms with Crippen molar-refractivity contribution in [2.75, 3.05) is 6.54 Å². The summed E-state index contributed by atoms with van der Waals surface area (Å²) < 4.78 is 4.84. The van der Waals surface area contributed by atoms with Crippen LogP contribution in [0.2, 0.25) is 0 Å². The van der Waals surface area contributed by atoms with Crippen molar-refractivity contribution in [1.82, 2.24) is 15.8 Å². The maximum atomic E-state index is 11.8. The van der Waals surface area contributed by atoms with Crippen molar-refractivity contribution in [2.24, 2.45) is 0 Å². The average Bonchev–Trinajstić information content (AvgIpc) is 2.63. The second-order valence-corrected chi connectivity index (χ2v) is 4.15. The van der Waals surface area contributed by atoms with E-state index in [9.17, 15) is 9.59 Å². The first-order valence-electron chi connectivity index (χ1n) is 5.69. The molecule has 0 spiro atoms. The summed E-state index contributed by atoms with van der Waals surface area (Å²) in [6, 6.07) is 1.07. The molecule has 92 valence electrons. The second-order valence-electron chi connectivity index (χ2n) is 4.15. The highest BCUT2D eigenvalue weighted by Gasteiger charge is 2.24. The first kappa shape index (κ1) is 11.6. The van der Waals surface area contributed by atoms with E-state index in [1.54, 1.807) is 13.0 Å². The number of rotatable bonds is 2. The number of aromatic nitrogens is 1. The van der Waals surface area contributed by atoms with Gasteiger partial charge in [-0.25, -0.2) is 0 Å². The number of nitrogens with one attached hydrogen (secondary N) is 2. The van der Waals surface area contributed by atoms with Crippen molar-refractivity contribution < 1.29 is 14.1 Å². The summed E-state index contributed by atoms with van der Waals surface area (Å²) in [7, 11) is 0. The quantitative estimate of drug-likeness (QED) is 0.779. The fourth-order valence-electron chi connectivity index (χ4n) is 1.78. The van der Waals surface area contributed by atoms with Crippen LogP contribution < -0.4 is 10.6 Å². The Hall–Kier alpha value is -1.85. The van der Waals surface area contributed by atoms with Crippen molar-refractivity contribution >= 4 is 11.8 Å². The second kappa shape index (κ2) is 4.99. The molecule has 6 nitrogen and oxygen atoms in total. The van der Waals surface area contributed by atoms with Gasteiger partial charge in [0.05, 0.1) is 5.69 Å². The molecular weight excluding hydrogens is 222 g/mol. The molecule has 2 heterocycles. The molecule has 0 saturated carbocycles. The third kappa shape index (κ3) is 2.83. The SMILES string of the molecule is Cc1cc(C(=O)NC2CCCCNC2=O)on1. The number of aryl methyl sites for hydroxylation is 1. The Balaban J connectivity index is 1.99. The van der Waals surface area contributed by atoms with Crippen molar-refractivity contribution in [3.05, 3.63) is 17.5 Å². The summed E-state index contributed by atoms with van der Waals surface area (Å²) in [5.41, 5.74) is 0.639. The Morgan fingerprint density at radius 3 is 3.12 bits per heavy atom. The van der Waals surface area contributed by atoms with Gasteiger partial charge < -0.3 is 15.2 Å². The summed E-state index contributed by atoms with van der Waals surface area (Å²) in [6.07, 6.45) is 2.52. The highest BCUT2D eigenvalue weighted by molar-refractivity contribution is 5.95. The Morgan fingerprint density at radius 2 is 2.41 bits per heavy atom. The topological polar surface area (TPSA) is 84.2 Å². The number of carbonyl (C=O) groups is 2. The minimum atomic E-state index is -0.476. The lowest BCUT2D eigenvalue weighted by molar-refractivity contribution is -0.122. The van der Waals surface area contributed by atoms with Crippen molar-refractivity contribution in [3.63, 3.8) is 0 Å². The molecule has 1 aromatic heterocycles. The van der Waals surface area contributed by atoms with Crippen molar-refractivity contribution in [1.29, 1.82) is 0 Å². The van der Waals surface area contributed by atoms with Crippen LogP contribution in [0.25, 0.3) is 0 Å². The van der Waals surface area contributed by atoms with E-state index < -0.39 is 11.9 Å². The van der Waals surface area contributed by atoms with E-state index in [1.165, 1.54) is 0 Å². The first-order valence-corrected chi connectivity index (χ1v) is 5.69. The number of carbonyl (C=O) groups excluding carboxylic acids is 2. The van der Waals surface area contributed by atoms with Crippen LogP contribution >= 0.6 is 0 Å². The standard InChI is InChI=1S/C11H15N3O3/c1-7-6-9(17-14-7)11(16)13-8-4-2-3-5-12-10(8)15/h6,8H,2-5H2,1H3,(H,12,15)(H,13,16). The predicted octanol–water partition coefficient (Wildman–Crippen LogP) is 0.382. The van der Waals surface area contributed by atoms with E-state index in [2.05, 4.69) is 15.8 Å². The van der Waals surface area contributed by atoms with Crippen molar-refractivity contribution in [3.8, 4) is 0 Å². The van der Waals surface area contributed by atoms with Gasteiger partial charge in [-0.05, 0) is 26.2 Å². The summed E-state index contributed by atoms with van der Waals surface area (Å²) in [6.45, 7) is 2.41. The van der Waals surface area contributed by atoms with E-state index in [4.69, 9.17) is 4.52 Å². The normalized spacial score (nSPS) is 20.5. The summed E-state index contributed by atoms with van der Waals surface area (Å²) >= 11 is 0. The molecule has 0 aliphatic carbocycles. The Bertz CT molecular complexity index is 427. The lowest BCUT2D eigenvalue weighted by atomic mass is 10.1. The largest absolute Gasteiger partial charge is 0.354 e. The minimum absolute atomic E-state index is 0.132. The van der Waals surface area contributed by atoms with Crippen LogP contribution in [0.5, 0.6) is 0 Å². The molecule has 1 saturated heterocycles. The van der Waals surface area contributed by atoms with E-state index in [0.29, 0.717) is 18.7 Å². The van der Waals surface area contributed by atoms with Gasteiger partial charge in [-0.15, -0.1) is 0 Å². The van der Waals surface area contributed by atoms with Crippen molar-refractivity contribution in [2.45, 2.75) is 32.2 Å². The fraction of sp³-hybridized carbons (Fsp3) is 0.545. The molecule has 0 aromatic carbocycles. The molecule has 1 aromatic rings. The number of hydrogen-bond donors (Lipinski definition) is 2. The number of nitrogens with zero attached hydrogens (tertiary/aromatic N) is 1. The molecule has 2 N–H and O–H groups in total. The third-order valence-electron chi connectivity index (χ3n) is 2.69. The molecular formula is C11H15N3O3. The van der Waals surface area contributed by atoms with E-state index in [-0.39, 0.29) is 11.7 Å². The third-order valence-corrected chi connectivity index (χ3v) is 2.69. The fourth-order valence-corrected chi connectivity index (χ4v) is 1.78. The minimum Gasteiger partial charge on any atom is -0.354 e. The Kier molecular flexibility index (Phi) is 3.41. The highest BCUT2D eigenvalue weighted by atomic mass is 16.5. The van der Waals surface area contributed by atoms with Crippen LogP contribution in [0.3, 0.4) is 0 Å². The van der Waals surface area contributed by atoms with E-state index >= 15 is 0 Å². The molecule has 1 aliphatic heterocycles. The van der Waals surface area contributed by atoms with Gasteiger partial charge >= 0.3 is 0 Å². The molecule has 1 fully saturated rings. The van der Waals surface area contributed by atoms with Gasteiger partial charge in [0.15, 0.2) is 0 Å². The molecule has 6 heteroatoms. The van der Waals surface area contributed by atoms with Crippen LogP contribution in [-0.4, -0.2) is 29.6 Å². The zero-order valence-electron chi connectivity index (χ0n) is 9.66. The van der Waals surface area contributed by atoms with Gasteiger partial charge in [0.2, 0.25) is 11.7 Å². The van der Waals surface area contributed by atoms with Gasteiger partial charge in [-0.2, -0.15) is 0 Å². The maximum Gasteiger partial charge on any atom is 0.290 e. The molecule has 2 amide bonds. The molecule has 1 atom stereocenters. The lowest BCUT2D eigenvalue weighted by Gasteiger charge is -2.13. The van der Waals surface area contributed by atoms with Crippen LogP contribution in [0, 0.1) is 6.92 Å². The Morgan fingerprint density at radius 1 is 1.59 bits per heavy atom. The van der Waals surface area contributed by atoms with Gasteiger partial charge in [-0.1, -0.05) is 5.16 Å². The number of amides is 2. The zero-order chi connectivity index (χ0) is 12.3. The monoisotopic (exact) mass is 237 g/mol. The molecule has 1 aliphatic rings. The van der Waals surface area contributed by atoms with Gasteiger partial charge in [0.1, 0.15) is 6.04 Å². The highest BCUT2D eigenvalue weighted by Crippen LogP contribution is 2.07. The molecule has 1 unspecified atom stereocenters. The summed E-state index contributed by atoms with van der Waals surface area (Å²) in [5.74, 6) is -0.390. The van der Waals surface area contributed by atoms with Crippen LogP contribution in [0.15, 0.2) is 10.6 Å². The van der Waals surface area contributed by atoms with Crippen LogP contribution in [-0.2, 0) is 4.79 Å². The molecule has 0 bridgehead atoms. The predicted molar refractivity (Wildman–Crippen MR) is 59.4 cm³/mol. The number of hydrogen-bond acceptors (Lipinski definition) is 4. The summed E-state index contributed by atoms with van der Waals surface area (Å²) in [4.78, 5) is 23.4. The van der Waals surface area contributed by atoms with E-state index in [0.717, 1.165) is 12.8 Å². The maximum absolute atomic E-state index is 11.8. The van der Waals surface area contributed by atoms with Gasteiger partial charge in [0, 0.05) is 12.6 Å². The average molecular weight is 237 g/mol. The lowest BCUT2D eigenvalue weighted by Crippen LogP contribution is -2.45. The molecule has 2 rings (SSSR count). The zero-order valence-corrected chi connectivity index (χ0v) is 9.66.